The zero-order chi connectivity index (χ0) is 31.3. The third kappa shape index (κ3) is 3.37. The molecule has 0 bridgehead atoms. The summed E-state index contributed by atoms with van der Waals surface area (Å²) in [4.78, 5) is 15.4. The number of hydrogen-bond donors (Lipinski definition) is 0. The second-order valence-electron chi connectivity index (χ2n) is 12.4. The number of rotatable bonds is 4. The van der Waals surface area contributed by atoms with Crippen LogP contribution in [0.2, 0.25) is 0 Å². The second-order valence-corrected chi connectivity index (χ2v) is 12.4. The predicted molar refractivity (Wildman–Crippen MR) is 196 cm³/mol. The van der Waals surface area contributed by atoms with Gasteiger partial charge >= 0.3 is 0 Å². The lowest BCUT2D eigenvalue weighted by Gasteiger charge is -2.12. The molecule has 0 saturated heterocycles. The molecule has 0 aliphatic heterocycles. The highest BCUT2D eigenvalue weighted by atomic mass is 15.2. The van der Waals surface area contributed by atoms with Gasteiger partial charge in [-0.05, 0) is 58.3 Å². The Morgan fingerprint density at radius 3 is 1.50 bits per heavy atom. The van der Waals surface area contributed by atoms with Gasteiger partial charge in [0.2, 0.25) is 5.95 Å². The lowest BCUT2D eigenvalue weighted by Crippen LogP contribution is -2.06. The quantitative estimate of drug-likeness (QED) is 0.199. The fraction of sp³-hybridized carbons (Fsp3) is 0. The van der Waals surface area contributed by atoms with E-state index in [-0.39, 0.29) is 0 Å². The minimum absolute atomic E-state index is 0.602. The minimum Gasteiger partial charge on any atom is -0.309 e. The van der Waals surface area contributed by atoms with Gasteiger partial charge in [0.1, 0.15) is 0 Å². The van der Waals surface area contributed by atoms with Gasteiger partial charge in [0.15, 0.2) is 11.6 Å². The minimum atomic E-state index is 0.602. The van der Waals surface area contributed by atoms with Crippen LogP contribution in [0.25, 0.3) is 99.9 Å². The van der Waals surface area contributed by atoms with Crippen molar-refractivity contribution in [1.82, 2.24) is 24.1 Å². The maximum atomic E-state index is 5.19. The predicted octanol–water partition coefficient (Wildman–Crippen LogP) is 10.5. The van der Waals surface area contributed by atoms with Crippen LogP contribution in [-0.2, 0) is 0 Å². The van der Waals surface area contributed by atoms with E-state index < -0.39 is 0 Å². The van der Waals surface area contributed by atoms with Crippen LogP contribution in [-0.4, -0.2) is 24.1 Å². The summed E-state index contributed by atoms with van der Waals surface area (Å²) in [5.74, 6) is 1.89. The molecule has 3 heterocycles. The van der Waals surface area contributed by atoms with Crippen molar-refractivity contribution >= 4 is 54.4 Å². The van der Waals surface area contributed by atoms with Gasteiger partial charge in [0, 0.05) is 38.4 Å². The Bertz CT molecular complexity index is 2860. The molecule has 5 nitrogen and oxygen atoms in total. The molecule has 5 heteroatoms. The zero-order valence-corrected chi connectivity index (χ0v) is 25.7. The summed E-state index contributed by atoms with van der Waals surface area (Å²) in [6.45, 7) is 0. The molecule has 1 aliphatic rings. The zero-order valence-electron chi connectivity index (χ0n) is 25.7. The van der Waals surface area contributed by atoms with E-state index in [9.17, 15) is 0 Å². The van der Waals surface area contributed by atoms with Crippen LogP contribution >= 0.6 is 0 Å². The maximum absolute atomic E-state index is 5.19. The van der Waals surface area contributed by atoms with E-state index in [2.05, 4.69) is 124 Å². The number of nitrogens with zero attached hydrogens (tertiary/aromatic N) is 5. The standard InChI is InChI=1S/C43H25N5/c1-4-12-27(13-5-1)41-44-42(28-14-6-2-7-15-28)46-43(45-41)48-32-21-11-20-31-30-19-10-16-26-22-23-33-38(36(26)30)40-34(24-25-35(48)39(40)37(31)32)47(33)29-17-8-3-9-18-29/h1-25H. The van der Waals surface area contributed by atoms with Crippen molar-refractivity contribution in [1.29, 1.82) is 0 Å². The summed E-state index contributed by atoms with van der Waals surface area (Å²) in [7, 11) is 0. The number of fused-ring (bicyclic) bond motifs is 1. The molecule has 0 unspecified atom stereocenters. The van der Waals surface area contributed by atoms with Gasteiger partial charge in [-0.2, -0.15) is 9.97 Å². The summed E-state index contributed by atoms with van der Waals surface area (Å²) < 4.78 is 4.66. The average Bonchev–Trinajstić information content (AvgIpc) is 3.64. The molecule has 7 aromatic carbocycles. The summed E-state index contributed by atoms with van der Waals surface area (Å²) in [5.41, 5.74) is 10.1. The molecule has 0 atom stereocenters. The maximum Gasteiger partial charge on any atom is 0.238 e. The smallest absolute Gasteiger partial charge is 0.238 e. The van der Waals surface area contributed by atoms with E-state index in [4.69, 9.17) is 15.0 Å². The van der Waals surface area contributed by atoms with Crippen LogP contribution in [0.1, 0.15) is 0 Å². The van der Waals surface area contributed by atoms with E-state index in [1.807, 2.05) is 36.4 Å². The first kappa shape index (κ1) is 25.6. The van der Waals surface area contributed by atoms with Gasteiger partial charge in [-0.25, -0.2) is 4.98 Å². The molecule has 222 valence electrons. The van der Waals surface area contributed by atoms with E-state index in [1.54, 1.807) is 0 Å². The summed E-state index contributed by atoms with van der Waals surface area (Å²) >= 11 is 0. The van der Waals surface area contributed by atoms with Gasteiger partial charge in [0.05, 0.1) is 22.1 Å². The molecular weight excluding hydrogens is 587 g/mol. The molecule has 11 rings (SSSR count). The Morgan fingerprint density at radius 1 is 0.333 bits per heavy atom. The molecule has 48 heavy (non-hydrogen) atoms. The first-order valence-electron chi connectivity index (χ1n) is 16.2. The lowest BCUT2D eigenvalue weighted by atomic mass is 9.95. The largest absolute Gasteiger partial charge is 0.309 e. The van der Waals surface area contributed by atoms with Crippen LogP contribution in [0.4, 0.5) is 0 Å². The second kappa shape index (κ2) is 9.47. The Kier molecular flexibility index (Phi) is 5.05. The van der Waals surface area contributed by atoms with E-state index >= 15 is 0 Å². The van der Waals surface area contributed by atoms with Gasteiger partial charge in [-0.3, -0.25) is 4.57 Å². The number of para-hydroxylation sites is 1. The topological polar surface area (TPSA) is 48.5 Å². The summed E-state index contributed by atoms with van der Waals surface area (Å²) in [5, 5.41) is 7.54. The van der Waals surface area contributed by atoms with E-state index in [0.717, 1.165) is 27.8 Å². The molecule has 0 amide bonds. The normalized spacial score (nSPS) is 12.2. The molecular formula is C43H25N5. The Hall–Kier alpha value is -6.59. The SMILES string of the molecule is c1ccc(-c2nc(-c3ccccc3)nc(-n3c4cccc5c4c4c6c7c8c-5cccc8ccc7n(-c5ccccc5)c6ccc43)n2)cc1. The van der Waals surface area contributed by atoms with Crippen LogP contribution in [0.15, 0.2) is 152 Å². The fourth-order valence-electron chi connectivity index (χ4n) is 7.93. The summed E-state index contributed by atoms with van der Waals surface area (Å²) in [6.07, 6.45) is 0. The van der Waals surface area contributed by atoms with Gasteiger partial charge in [0.25, 0.3) is 0 Å². The fourth-order valence-corrected chi connectivity index (χ4v) is 7.93. The highest BCUT2D eigenvalue weighted by Crippen LogP contribution is 2.51. The van der Waals surface area contributed by atoms with Crippen LogP contribution < -0.4 is 0 Å². The van der Waals surface area contributed by atoms with Crippen molar-refractivity contribution in [3.8, 4) is 45.5 Å². The molecule has 0 radical (unpaired) electrons. The molecule has 0 spiro atoms. The molecule has 0 N–H and O–H groups in total. The molecule has 0 saturated carbocycles. The van der Waals surface area contributed by atoms with Crippen molar-refractivity contribution in [2.75, 3.05) is 0 Å². The third-order valence-electron chi connectivity index (χ3n) is 9.88. The lowest BCUT2D eigenvalue weighted by molar-refractivity contribution is 0.953. The van der Waals surface area contributed by atoms with Crippen LogP contribution in [0.3, 0.4) is 0 Å². The number of hydrogen-bond acceptors (Lipinski definition) is 3. The Morgan fingerprint density at radius 2 is 0.833 bits per heavy atom. The molecule has 10 aromatic rings. The van der Waals surface area contributed by atoms with Crippen molar-refractivity contribution in [2.24, 2.45) is 0 Å². The van der Waals surface area contributed by atoms with Crippen molar-refractivity contribution in [2.45, 2.75) is 0 Å². The molecule has 3 aromatic heterocycles. The third-order valence-corrected chi connectivity index (χ3v) is 9.88. The average molecular weight is 612 g/mol. The molecule has 0 fully saturated rings. The molecule has 1 aliphatic carbocycles. The van der Waals surface area contributed by atoms with Crippen LogP contribution in [0.5, 0.6) is 0 Å². The van der Waals surface area contributed by atoms with Crippen molar-refractivity contribution in [3.05, 3.63) is 152 Å². The summed E-state index contributed by atoms with van der Waals surface area (Å²) in [6, 6.07) is 53.5. The number of benzene rings is 7. The van der Waals surface area contributed by atoms with E-state index in [0.29, 0.717) is 17.6 Å². The van der Waals surface area contributed by atoms with Gasteiger partial charge in [-0.15, -0.1) is 0 Å². The first-order valence-corrected chi connectivity index (χ1v) is 16.2. The van der Waals surface area contributed by atoms with Crippen LogP contribution in [0, 0.1) is 0 Å². The monoisotopic (exact) mass is 611 g/mol. The highest BCUT2D eigenvalue weighted by Gasteiger charge is 2.28. The first-order chi connectivity index (χ1) is 23.8. The Balaban J connectivity index is 1.34. The Labute approximate surface area is 275 Å². The number of aromatic nitrogens is 5. The van der Waals surface area contributed by atoms with E-state index in [1.165, 1.54) is 54.5 Å². The highest BCUT2D eigenvalue weighted by molar-refractivity contribution is 6.38. The van der Waals surface area contributed by atoms with Crippen molar-refractivity contribution in [3.63, 3.8) is 0 Å². The van der Waals surface area contributed by atoms with Gasteiger partial charge < -0.3 is 4.57 Å². The van der Waals surface area contributed by atoms with Gasteiger partial charge in [-0.1, -0.05) is 115 Å². The van der Waals surface area contributed by atoms with Crippen molar-refractivity contribution < 1.29 is 0 Å².